The van der Waals surface area contributed by atoms with Gasteiger partial charge in [0.2, 0.25) is 5.65 Å². The Hall–Kier alpha value is -3.91. The zero-order valence-corrected chi connectivity index (χ0v) is 17.2. The lowest BCUT2D eigenvalue weighted by molar-refractivity contribution is -0.357. The minimum Gasteiger partial charge on any atom is -0.381 e. The number of hydrogen-bond acceptors (Lipinski definition) is 5. The normalized spacial score (nSPS) is 11.9. The van der Waals surface area contributed by atoms with Crippen molar-refractivity contribution < 1.29 is 9.72 Å². The lowest BCUT2D eigenvalue weighted by Crippen LogP contribution is -2.28. The van der Waals surface area contributed by atoms with E-state index in [2.05, 4.69) is 10.1 Å². The number of hydrogen-bond donors (Lipinski definition) is 0. The molecule has 1 N–H and O–H groups in total. The van der Waals surface area contributed by atoms with E-state index in [4.69, 9.17) is 14.7 Å². The lowest BCUT2D eigenvalue weighted by Gasteiger charge is -1.99. The first-order valence-corrected chi connectivity index (χ1v) is 9.97. The molecule has 0 aliphatic heterocycles. The van der Waals surface area contributed by atoms with Gasteiger partial charge in [-0.15, -0.1) is 9.78 Å². The van der Waals surface area contributed by atoms with Crippen molar-refractivity contribution in [1.82, 2.24) is 19.2 Å². The fourth-order valence-corrected chi connectivity index (χ4v) is 3.55. The zero-order chi connectivity index (χ0) is 21.4. The van der Waals surface area contributed by atoms with Gasteiger partial charge in [-0.05, 0) is 24.6 Å². The maximum atomic E-state index is 13.3. The summed E-state index contributed by atoms with van der Waals surface area (Å²) in [5.74, 6) is 0. The number of aryl methyl sites for hydroxylation is 1. The smallest absolute Gasteiger partial charge is 0.322 e. The van der Waals surface area contributed by atoms with Crippen LogP contribution in [0.2, 0.25) is 0 Å². The van der Waals surface area contributed by atoms with E-state index >= 15 is 0 Å². The number of benzene rings is 2. The Balaban J connectivity index is 1.79. The molecule has 5 rings (SSSR count). The second-order valence-electron chi connectivity index (χ2n) is 7.34. The summed E-state index contributed by atoms with van der Waals surface area (Å²) in [6.45, 7) is 2.90. The van der Waals surface area contributed by atoms with Gasteiger partial charge in [0.15, 0.2) is 11.7 Å². The highest BCUT2D eigenvalue weighted by Gasteiger charge is 2.24. The molecule has 0 fully saturated rings. The minimum atomic E-state index is -0.162. The number of H-pyrrole nitrogens is 1. The van der Waals surface area contributed by atoms with Crippen LogP contribution in [0.15, 0.2) is 64.8 Å². The van der Waals surface area contributed by atoms with Crippen LogP contribution in [-0.4, -0.2) is 39.1 Å². The van der Waals surface area contributed by atoms with Crippen molar-refractivity contribution in [1.29, 1.82) is 0 Å². The van der Waals surface area contributed by atoms with Crippen LogP contribution in [0.1, 0.15) is 11.1 Å². The Morgan fingerprint density at radius 1 is 1.10 bits per heavy atom. The van der Waals surface area contributed by atoms with Gasteiger partial charge >= 0.3 is 5.56 Å². The van der Waals surface area contributed by atoms with Crippen molar-refractivity contribution >= 4 is 39.4 Å². The van der Waals surface area contributed by atoms with Gasteiger partial charge in [0, 0.05) is 7.11 Å². The number of fused-ring (bicyclic) bond motifs is 4. The molecular weight excluding hydrogens is 392 g/mol. The number of rotatable bonds is 5. The molecule has 5 aromatic rings. The van der Waals surface area contributed by atoms with Crippen LogP contribution in [0.4, 0.5) is 0 Å². The van der Waals surface area contributed by atoms with Crippen molar-refractivity contribution in [2.75, 3.05) is 13.7 Å². The van der Waals surface area contributed by atoms with E-state index in [0.29, 0.717) is 35.3 Å². The first-order chi connectivity index (χ1) is 15.2. The van der Waals surface area contributed by atoms with E-state index in [1.165, 1.54) is 5.56 Å². The Kier molecular flexibility index (Phi) is 4.76. The number of nitrogens with zero attached hydrogens (tertiary/aromatic N) is 5. The van der Waals surface area contributed by atoms with Crippen molar-refractivity contribution in [3.63, 3.8) is 0 Å². The summed E-state index contributed by atoms with van der Waals surface area (Å²) >= 11 is 0. The number of ether oxygens (including phenoxy) is 1. The van der Waals surface area contributed by atoms with E-state index in [-0.39, 0.29) is 5.56 Å². The molecule has 8 nitrogen and oxygen atoms in total. The fraction of sp³-hybridized carbons (Fsp3) is 0.174. The molecule has 0 saturated carbocycles. The Bertz CT molecular complexity index is 1500. The van der Waals surface area contributed by atoms with Gasteiger partial charge in [0.05, 0.1) is 30.4 Å². The average Bonchev–Trinajstić information content (AvgIpc) is 3.10. The number of aromatic nitrogens is 5. The summed E-state index contributed by atoms with van der Waals surface area (Å²) in [7, 11) is 1.61. The SMILES string of the molecule is COCCn1c[nH+]c2c(c1=O)c1nc3ccccc3nc1n2/N=C/c1ccc(C)cc1. The molecule has 0 spiro atoms. The molecule has 3 heterocycles. The number of aromatic amines is 1. The number of nitrogens with one attached hydrogen (secondary N) is 1. The third-order valence-corrected chi connectivity index (χ3v) is 5.21. The molecule has 31 heavy (non-hydrogen) atoms. The van der Waals surface area contributed by atoms with Crippen molar-refractivity contribution in [3.8, 4) is 0 Å². The van der Waals surface area contributed by atoms with Crippen LogP contribution >= 0.6 is 0 Å². The van der Waals surface area contributed by atoms with E-state index < -0.39 is 0 Å². The Morgan fingerprint density at radius 2 is 1.84 bits per heavy atom. The topological polar surface area (TPSA) is 88.4 Å². The molecule has 8 heteroatoms. The summed E-state index contributed by atoms with van der Waals surface area (Å²) in [6.07, 6.45) is 3.39. The molecule has 0 aliphatic rings. The molecule has 0 radical (unpaired) electrons. The van der Waals surface area contributed by atoms with Crippen LogP contribution in [0.3, 0.4) is 0 Å². The zero-order valence-electron chi connectivity index (χ0n) is 17.2. The monoisotopic (exact) mass is 413 g/mol. The molecule has 0 saturated heterocycles. The van der Waals surface area contributed by atoms with Crippen LogP contribution in [0, 0.1) is 6.92 Å². The molecule has 0 unspecified atom stereocenters. The van der Waals surface area contributed by atoms with Crippen LogP contribution in [-0.2, 0) is 11.3 Å². The minimum absolute atomic E-state index is 0.162. The average molecular weight is 413 g/mol. The highest BCUT2D eigenvalue weighted by molar-refractivity contribution is 6.03. The fourth-order valence-electron chi connectivity index (χ4n) is 3.55. The maximum Gasteiger partial charge on any atom is 0.322 e. The third kappa shape index (κ3) is 3.36. The number of methoxy groups -OCH3 is 1. The van der Waals surface area contributed by atoms with Crippen molar-refractivity contribution in [2.45, 2.75) is 13.5 Å². The Labute approximate surface area is 177 Å². The lowest BCUT2D eigenvalue weighted by atomic mass is 10.2. The van der Waals surface area contributed by atoms with E-state index in [1.807, 2.05) is 55.5 Å². The molecule has 0 bridgehead atoms. The van der Waals surface area contributed by atoms with Gasteiger partial charge in [0.1, 0.15) is 5.52 Å². The summed E-state index contributed by atoms with van der Waals surface area (Å²) in [4.78, 5) is 26.0. The summed E-state index contributed by atoms with van der Waals surface area (Å²) in [5.41, 5.74) is 5.02. The quantitative estimate of drug-likeness (QED) is 0.414. The van der Waals surface area contributed by atoms with E-state index in [9.17, 15) is 4.79 Å². The summed E-state index contributed by atoms with van der Waals surface area (Å²) in [5, 5.41) is 5.10. The predicted octanol–water partition coefficient (Wildman–Crippen LogP) is 2.55. The van der Waals surface area contributed by atoms with Gasteiger partial charge in [0.25, 0.3) is 5.65 Å². The highest BCUT2D eigenvalue weighted by Crippen LogP contribution is 2.23. The molecule has 3 aromatic heterocycles. The maximum absolute atomic E-state index is 13.3. The molecule has 0 aliphatic carbocycles. The second-order valence-corrected chi connectivity index (χ2v) is 7.34. The highest BCUT2D eigenvalue weighted by atomic mass is 16.5. The van der Waals surface area contributed by atoms with E-state index in [1.54, 1.807) is 28.9 Å². The van der Waals surface area contributed by atoms with Crippen LogP contribution in [0.25, 0.3) is 33.2 Å². The third-order valence-electron chi connectivity index (χ3n) is 5.21. The van der Waals surface area contributed by atoms with Gasteiger partial charge in [-0.1, -0.05) is 42.0 Å². The molecule has 154 valence electrons. The summed E-state index contributed by atoms with van der Waals surface area (Å²) in [6, 6.07) is 15.6. The summed E-state index contributed by atoms with van der Waals surface area (Å²) < 4.78 is 8.35. The molecule has 0 atom stereocenters. The van der Waals surface area contributed by atoms with Crippen molar-refractivity contribution in [2.24, 2.45) is 5.10 Å². The second kappa shape index (κ2) is 7.73. The first-order valence-electron chi connectivity index (χ1n) is 9.97. The van der Waals surface area contributed by atoms with Crippen molar-refractivity contribution in [3.05, 3.63) is 76.3 Å². The first kappa shape index (κ1) is 19.1. The van der Waals surface area contributed by atoms with E-state index in [0.717, 1.165) is 16.6 Å². The van der Waals surface area contributed by atoms with Crippen LogP contribution in [0.5, 0.6) is 0 Å². The van der Waals surface area contributed by atoms with Gasteiger partial charge in [-0.2, -0.15) is 0 Å². The predicted molar refractivity (Wildman–Crippen MR) is 119 cm³/mol. The molecule has 2 aromatic carbocycles. The van der Waals surface area contributed by atoms with Gasteiger partial charge < -0.3 is 4.74 Å². The van der Waals surface area contributed by atoms with Crippen LogP contribution < -0.4 is 10.5 Å². The standard InChI is InChI=1S/C23H20N6O2/c1-15-7-9-16(10-8-15)13-25-29-21-19(23(30)28(14-24-21)11-12-31-2)20-22(29)27-18-6-4-3-5-17(18)26-20/h3-10,13-14H,11-12H2,1-2H3/p+1/b25-13+. The van der Waals surface area contributed by atoms with Gasteiger partial charge in [-0.3, -0.25) is 0 Å². The molecular formula is C23H21N6O2+. The molecule has 0 amide bonds. The Morgan fingerprint density at radius 3 is 2.58 bits per heavy atom. The van der Waals surface area contributed by atoms with Gasteiger partial charge in [-0.25, -0.2) is 24.3 Å². The number of para-hydroxylation sites is 2. The largest absolute Gasteiger partial charge is 0.381 e.